The Labute approximate surface area is 100 Å². The largest absolute Gasteiger partial charge is 0.370 e. The van der Waals surface area contributed by atoms with Gasteiger partial charge in [0, 0.05) is 31.4 Å². The molecule has 1 N–H and O–H groups in total. The van der Waals surface area contributed by atoms with Crippen LogP contribution in [0.3, 0.4) is 0 Å². The van der Waals surface area contributed by atoms with Crippen molar-refractivity contribution in [2.45, 2.75) is 19.4 Å². The van der Waals surface area contributed by atoms with Crippen molar-refractivity contribution >= 4 is 17.3 Å². The van der Waals surface area contributed by atoms with Crippen LogP contribution >= 0.6 is 11.6 Å². The van der Waals surface area contributed by atoms with Crippen LogP contribution in [0.5, 0.6) is 0 Å². The van der Waals surface area contributed by atoms with Gasteiger partial charge in [-0.05, 0) is 31.5 Å². The average molecular weight is 243 g/mol. The molecule has 1 aliphatic rings. The highest BCUT2D eigenvalue weighted by Gasteiger charge is 2.14. The molecule has 0 radical (unpaired) electrons. The van der Waals surface area contributed by atoms with E-state index in [2.05, 4.69) is 17.1 Å². The molecule has 0 aromatic heterocycles. The van der Waals surface area contributed by atoms with Gasteiger partial charge in [-0.2, -0.15) is 0 Å². The van der Waals surface area contributed by atoms with Crippen molar-refractivity contribution in [1.29, 1.82) is 0 Å². The molecule has 1 saturated heterocycles. The van der Waals surface area contributed by atoms with E-state index in [9.17, 15) is 4.39 Å². The molecule has 2 rings (SSSR count). The Morgan fingerprint density at radius 2 is 2.25 bits per heavy atom. The van der Waals surface area contributed by atoms with E-state index in [-0.39, 0.29) is 10.8 Å². The molecule has 88 valence electrons. The summed E-state index contributed by atoms with van der Waals surface area (Å²) in [5.41, 5.74) is 1.00. The van der Waals surface area contributed by atoms with Gasteiger partial charge in [-0.15, -0.1) is 0 Å². The highest BCUT2D eigenvalue weighted by Crippen LogP contribution is 2.23. The molecule has 0 amide bonds. The maximum atomic E-state index is 13.0. The van der Waals surface area contributed by atoms with Crippen LogP contribution in [0.2, 0.25) is 5.02 Å². The summed E-state index contributed by atoms with van der Waals surface area (Å²) in [5, 5.41) is 3.62. The first-order chi connectivity index (χ1) is 7.66. The van der Waals surface area contributed by atoms with E-state index in [1.807, 2.05) is 0 Å². The first-order valence-electron chi connectivity index (χ1n) is 5.60. The number of hydrogen-bond acceptors (Lipinski definition) is 2. The average Bonchev–Trinajstić information content (AvgIpc) is 2.47. The second-order valence-electron chi connectivity index (χ2n) is 4.23. The second kappa shape index (κ2) is 5.02. The molecule has 1 aromatic rings. The monoisotopic (exact) mass is 242 g/mol. The third-order valence-electron chi connectivity index (χ3n) is 2.97. The minimum atomic E-state index is -0.355. The van der Waals surface area contributed by atoms with Gasteiger partial charge in [-0.25, -0.2) is 4.39 Å². The molecular formula is C12H16ClFN2. The van der Waals surface area contributed by atoms with Gasteiger partial charge in [0.2, 0.25) is 0 Å². The molecule has 16 heavy (non-hydrogen) atoms. The maximum Gasteiger partial charge on any atom is 0.141 e. The quantitative estimate of drug-likeness (QED) is 0.815. The van der Waals surface area contributed by atoms with Crippen molar-refractivity contribution in [1.82, 2.24) is 5.32 Å². The molecule has 0 bridgehead atoms. The van der Waals surface area contributed by atoms with Gasteiger partial charge in [0.25, 0.3) is 0 Å². The topological polar surface area (TPSA) is 15.3 Å². The molecule has 0 spiro atoms. The van der Waals surface area contributed by atoms with Gasteiger partial charge in [-0.1, -0.05) is 11.6 Å². The van der Waals surface area contributed by atoms with Crippen molar-refractivity contribution in [3.05, 3.63) is 29.0 Å². The van der Waals surface area contributed by atoms with Crippen LogP contribution in [0, 0.1) is 5.82 Å². The number of rotatable bonds is 1. The van der Waals surface area contributed by atoms with Crippen LogP contribution in [-0.4, -0.2) is 25.7 Å². The molecule has 4 heteroatoms. The van der Waals surface area contributed by atoms with Crippen molar-refractivity contribution in [3.8, 4) is 0 Å². The molecule has 0 aliphatic carbocycles. The smallest absolute Gasteiger partial charge is 0.141 e. The first-order valence-corrected chi connectivity index (χ1v) is 5.98. The fraction of sp³-hybridized carbons (Fsp3) is 0.500. The molecule has 2 nitrogen and oxygen atoms in total. The molecule has 1 atom stereocenters. The summed E-state index contributed by atoms with van der Waals surface area (Å²) in [6.07, 6.45) is 1.09. The molecule has 1 unspecified atom stereocenters. The number of halogens is 2. The summed E-state index contributed by atoms with van der Waals surface area (Å²) in [7, 11) is 0. The van der Waals surface area contributed by atoms with Crippen molar-refractivity contribution in [3.63, 3.8) is 0 Å². The lowest BCUT2D eigenvalue weighted by Crippen LogP contribution is -2.28. The zero-order chi connectivity index (χ0) is 11.5. The van der Waals surface area contributed by atoms with Gasteiger partial charge in [-0.3, -0.25) is 0 Å². The Balaban J connectivity index is 2.13. The van der Waals surface area contributed by atoms with Crippen LogP contribution in [0.4, 0.5) is 10.1 Å². The van der Waals surface area contributed by atoms with Crippen LogP contribution in [0.1, 0.15) is 13.3 Å². The molecule has 1 aliphatic heterocycles. The SMILES string of the molecule is CC1CCN(c2ccc(F)c(Cl)c2)CCN1. The second-order valence-corrected chi connectivity index (χ2v) is 4.64. The van der Waals surface area contributed by atoms with Gasteiger partial charge in [0.05, 0.1) is 5.02 Å². The van der Waals surface area contributed by atoms with E-state index < -0.39 is 0 Å². The van der Waals surface area contributed by atoms with Crippen molar-refractivity contribution in [2.75, 3.05) is 24.5 Å². The van der Waals surface area contributed by atoms with E-state index in [0.29, 0.717) is 6.04 Å². The first kappa shape index (κ1) is 11.7. The summed E-state index contributed by atoms with van der Waals surface area (Å²) in [6, 6.07) is 5.46. The van der Waals surface area contributed by atoms with Crippen LogP contribution in [0.25, 0.3) is 0 Å². The number of benzene rings is 1. The Morgan fingerprint density at radius 1 is 1.44 bits per heavy atom. The molecule has 1 fully saturated rings. The standard InChI is InChI=1S/C12H16ClFN2/c1-9-4-6-16(7-5-15-9)10-2-3-12(14)11(13)8-10/h2-3,8-9,15H,4-7H2,1H3. The van der Waals surface area contributed by atoms with E-state index in [1.165, 1.54) is 6.07 Å². The van der Waals surface area contributed by atoms with Crippen LogP contribution in [-0.2, 0) is 0 Å². The van der Waals surface area contributed by atoms with E-state index in [1.54, 1.807) is 12.1 Å². The predicted octanol–water partition coefficient (Wildman–Crippen LogP) is 2.67. The van der Waals surface area contributed by atoms with Gasteiger partial charge in [0.15, 0.2) is 0 Å². The Bertz CT molecular complexity index is 370. The maximum absolute atomic E-state index is 13.0. The summed E-state index contributed by atoms with van der Waals surface area (Å²) in [4.78, 5) is 2.24. The fourth-order valence-corrected chi connectivity index (χ4v) is 2.12. The number of nitrogens with one attached hydrogen (secondary N) is 1. The van der Waals surface area contributed by atoms with Gasteiger partial charge >= 0.3 is 0 Å². The van der Waals surface area contributed by atoms with E-state index >= 15 is 0 Å². The summed E-state index contributed by atoms with van der Waals surface area (Å²) in [5.74, 6) is -0.355. The number of anilines is 1. The minimum absolute atomic E-state index is 0.197. The molecule has 1 heterocycles. The Hall–Kier alpha value is -0.800. The zero-order valence-corrected chi connectivity index (χ0v) is 10.1. The Kier molecular flexibility index (Phi) is 3.66. The third-order valence-corrected chi connectivity index (χ3v) is 3.26. The minimum Gasteiger partial charge on any atom is -0.370 e. The predicted molar refractivity (Wildman–Crippen MR) is 65.7 cm³/mol. The Morgan fingerprint density at radius 3 is 3.00 bits per heavy atom. The number of nitrogens with zero attached hydrogens (tertiary/aromatic N) is 1. The van der Waals surface area contributed by atoms with Crippen molar-refractivity contribution in [2.24, 2.45) is 0 Å². The summed E-state index contributed by atoms with van der Waals surface area (Å²) in [6.45, 7) is 5.06. The highest BCUT2D eigenvalue weighted by atomic mass is 35.5. The molecular weight excluding hydrogens is 227 g/mol. The van der Waals surface area contributed by atoms with E-state index in [4.69, 9.17) is 11.6 Å². The van der Waals surface area contributed by atoms with Crippen LogP contribution in [0.15, 0.2) is 18.2 Å². The lowest BCUT2D eigenvalue weighted by Gasteiger charge is -2.22. The van der Waals surface area contributed by atoms with Crippen LogP contribution < -0.4 is 10.2 Å². The normalized spacial score (nSPS) is 21.9. The summed E-state index contributed by atoms with van der Waals surface area (Å²) >= 11 is 5.79. The van der Waals surface area contributed by atoms with Gasteiger partial charge < -0.3 is 10.2 Å². The molecule has 1 aromatic carbocycles. The van der Waals surface area contributed by atoms with Crippen molar-refractivity contribution < 1.29 is 4.39 Å². The zero-order valence-electron chi connectivity index (χ0n) is 9.34. The lowest BCUT2D eigenvalue weighted by atomic mass is 10.2. The third kappa shape index (κ3) is 2.66. The molecule has 0 saturated carbocycles. The highest BCUT2D eigenvalue weighted by molar-refractivity contribution is 6.31. The fourth-order valence-electron chi connectivity index (χ4n) is 1.95. The van der Waals surface area contributed by atoms with Gasteiger partial charge in [0.1, 0.15) is 5.82 Å². The summed E-state index contributed by atoms with van der Waals surface area (Å²) < 4.78 is 13.0. The lowest BCUT2D eigenvalue weighted by molar-refractivity contribution is 0.566. The van der Waals surface area contributed by atoms with E-state index in [0.717, 1.165) is 31.7 Å². The number of hydrogen-bond donors (Lipinski definition) is 1.